The van der Waals surface area contributed by atoms with Crippen molar-refractivity contribution in [1.29, 1.82) is 0 Å². The van der Waals surface area contributed by atoms with Gasteiger partial charge in [0, 0.05) is 37.4 Å². The number of hydrogen-bond acceptors (Lipinski definition) is 4. The molecule has 0 bridgehead atoms. The molecular formula is C23H39IN6O. The number of likely N-dealkylation sites (N-methyl/N-ethyl adjacent to an activating group) is 1. The molecule has 174 valence electrons. The van der Waals surface area contributed by atoms with E-state index in [2.05, 4.69) is 54.4 Å². The molecule has 0 aliphatic rings. The van der Waals surface area contributed by atoms with Crippen LogP contribution in [0.5, 0.6) is 5.75 Å². The van der Waals surface area contributed by atoms with Crippen molar-refractivity contribution in [2.24, 2.45) is 12.0 Å². The fourth-order valence-electron chi connectivity index (χ4n) is 3.30. The van der Waals surface area contributed by atoms with E-state index >= 15 is 0 Å². The highest BCUT2D eigenvalue weighted by atomic mass is 127. The van der Waals surface area contributed by atoms with Gasteiger partial charge in [-0.2, -0.15) is 5.10 Å². The minimum atomic E-state index is 0. The molecule has 0 saturated carbocycles. The zero-order valence-electron chi connectivity index (χ0n) is 20.0. The summed E-state index contributed by atoms with van der Waals surface area (Å²) in [5.41, 5.74) is 4.69. The third-order valence-corrected chi connectivity index (χ3v) is 5.07. The lowest BCUT2D eigenvalue weighted by Crippen LogP contribution is -2.43. The van der Waals surface area contributed by atoms with E-state index < -0.39 is 0 Å². The second-order valence-corrected chi connectivity index (χ2v) is 7.98. The summed E-state index contributed by atoms with van der Waals surface area (Å²) in [5.74, 6) is 1.71. The normalized spacial score (nSPS) is 12.5. The van der Waals surface area contributed by atoms with Gasteiger partial charge < -0.3 is 20.3 Å². The van der Waals surface area contributed by atoms with Crippen LogP contribution >= 0.6 is 24.0 Å². The van der Waals surface area contributed by atoms with E-state index in [1.165, 1.54) is 11.3 Å². The number of aliphatic imine (C=N–C) groups is 1. The van der Waals surface area contributed by atoms with E-state index in [4.69, 9.17) is 9.73 Å². The van der Waals surface area contributed by atoms with Crippen LogP contribution in [-0.2, 0) is 20.0 Å². The minimum absolute atomic E-state index is 0. The Kier molecular flexibility index (Phi) is 11.9. The first-order chi connectivity index (χ1) is 14.3. The van der Waals surface area contributed by atoms with E-state index in [9.17, 15) is 0 Å². The molecule has 0 spiro atoms. The highest BCUT2D eigenvalue weighted by Gasteiger charge is 2.14. The number of aryl methyl sites for hydroxylation is 2. The number of benzene rings is 1. The Hall–Kier alpha value is -1.81. The first-order valence-corrected chi connectivity index (χ1v) is 10.7. The van der Waals surface area contributed by atoms with Crippen LogP contribution in [0.4, 0.5) is 0 Å². The Morgan fingerprint density at radius 1 is 1.26 bits per heavy atom. The van der Waals surface area contributed by atoms with Crippen LogP contribution in [0.1, 0.15) is 36.4 Å². The van der Waals surface area contributed by atoms with E-state index in [1.807, 2.05) is 44.0 Å². The van der Waals surface area contributed by atoms with Crippen LogP contribution in [-0.4, -0.2) is 60.5 Å². The van der Waals surface area contributed by atoms with Crippen LogP contribution in [0.15, 0.2) is 29.3 Å². The van der Waals surface area contributed by atoms with Crippen molar-refractivity contribution in [3.8, 4) is 5.75 Å². The fourth-order valence-corrected chi connectivity index (χ4v) is 3.30. The zero-order chi connectivity index (χ0) is 22.1. The molecule has 2 N–H and O–H groups in total. The van der Waals surface area contributed by atoms with Gasteiger partial charge in [-0.1, -0.05) is 18.2 Å². The fraction of sp³-hybridized carbons (Fsp3) is 0.565. The van der Waals surface area contributed by atoms with Crippen LogP contribution in [0.2, 0.25) is 0 Å². The Morgan fingerprint density at radius 3 is 2.58 bits per heavy atom. The van der Waals surface area contributed by atoms with Crippen molar-refractivity contribution < 1.29 is 4.74 Å². The molecule has 7 nitrogen and oxygen atoms in total. The average molecular weight is 543 g/mol. The van der Waals surface area contributed by atoms with Gasteiger partial charge in [-0.15, -0.1) is 24.0 Å². The maximum absolute atomic E-state index is 5.97. The van der Waals surface area contributed by atoms with Gasteiger partial charge in [0.25, 0.3) is 0 Å². The molecule has 1 aromatic carbocycles. The first kappa shape index (κ1) is 27.2. The lowest BCUT2D eigenvalue weighted by Gasteiger charge is -2.18. The topological polar surface area (TPSA) is 66.7 Å². The molecule has 0 fully saturated rings. The molecule has 0 aliphatic heterocycles. The zero-order valence-corrected chi connectivity index (χ0v) is 22.4. The summed E-state index contributed by atoms with van der Waals surface area (Å²) < 4.78 is 7.92. The molecule has 2 aromatic rings. The molecule has 8 heteroatoms. The predicted molar refractivity (Wildman–Crippen MR) is 140 cm³/mol. The van der Waals surface area contributed by atoms with Crippen molar-refractivity contribution in [3.05, 3.63) is 46.8 Å². The largest absolute Gasteiger partial charge is 0.492 e. The summed E-state index contributed by atoms with van der Waals surface area (Å²) in [6, 6.07) is 8.35. The summed E-state index contributed by atoms with van der Waals surface area (Å²) in [7, 11) is 6.08. The van der Waals surface area contributed by atoms with Gasteiger partial charge in [0.05, 0.1) is 12.2 Å². The van der Waals surface area contributed by atoms with Crippen molar-refractivity contribution >= 4 is 29.9 Å². The van der Waals surface area contributed by atoms with Gasteiger partial charge in [-0.3, -0.25) is 4.68 Å². The number of guanidine groups is 1. The minimum Gasteiger partial charge on any atom is -0.492 e. The summed E-state index contributed by atoms with van der Waals surface area (Å²) in [4.78, 5) is 6.91. The number of nitrogens with zero attached hydrogens (tertiary/aromatic N) is 4. The maximum atomic E-state index is 5.97. The molecule has 0 aliphatic carbocycles. The summed E-state index contributed by atoms with van der Waals surface area (Å²) >= 11 is 0. The Morgan fingerprint density at radius 2 is 1.97 bits per heavy atom. The third kappa shape index (κ3) is 8.68. The Bertz CT molecular complexity index is 833. The molecule has 1 aromatic heterocycles. The van der Waals surface area contributed by atoms with Crippen molar-refractivity contribution in [3.63, 3.8) is 0 Å². The lowest BCUT2D eigenvalue weighted by atomic mass is 10.1. The number of ether oxygens (including phenoxy) is 1. The van der Waals surface area contributed by atoms with Crippen molar-refractivity contribution in [2.75, 3.05) is 33.8 Å². The molecule has 1 unspecified atom stereocenters. The summed E-state index contributed by atoms with van der Waals surface area (Å²) in [5, 5.41) is 11.4. The van der Waals surface area contributed by atoms with Gasteiger partial charge in [0.2, 0.25) is 0 Å². The molecule has 31 heavy (non-hydrogen) atoms. The Balaban J connectivity index is 0.00000480. The van der Waals surface area contributed by atoms with Crippen LogP contribution in [0, 0.1) is 13.8 Å². The van der Waals surface area contributed by atoms with Gasteiger partial charge in [0.15, 0.2) is 5.96 Å². The summed E-state index contributed by atoms with van der Waals surface area (Å²) in [6.07, 6.45) is 0.903. The predicted octanol–water partition coefficient (Wildman–Crippen LogP) is 3.28. The van der Waals surface area contributed by atoms with E-state index in [-0.39, 0.29) is 30.0 Å². The van der Waals surface area contributed by atoms with E-state index in [1.54, 1.807) is 0 Å². The number of rotatable bonds is 10. The number of halogens is 1. The molecule has 0 radical (unpaired) electrons. The van der Waals surface area contributed by atoms with Crippen molar-refractivity contribution in [1.82, 2.24) is 25.3 Å². The number of para-hydroxylation sites is 1. The SMILES string of the molecule is CCNC(=NCc1ccccc1OCCN(C)C)NC(C)Cc1c(C)nn(C)c1C.I. The van der Waals surface area contributed by atoms with Crippen molar-refractivity contribution in [2.45, 2.75) is 46.7 Å². The molecule has 2 rings (SSSR count). The van der Waals surface area contributed by atoms with E-state index in [0.29, 0.717) is 13.2 Å². The number of nitrogens with one attached hydrogen (secondary N) is 2. The smallest absolute Gasteiger partial charge is 0.191 e. The van der Waals surface area contributed by atoms with Gasteiger partial charge >= 0.3 is 0 Å². The van der Waals surface area contributed by atoms with Crippen LogP contribution < -0.4 is 15.4 Å². The van der Waals surface area contributed by atoms with E-state index in [0.717, 1.165) is 42.5 Å². The standard InChI is InChI=1S/C23H38N6O.HI/c1-8-24-23(26-17(2)15-21-18(3)27-29(7)19(21)4)25-16-20-11-9-10-12-22(20)30-14-13-28(5)6;/h9-12,17H,8,13-16H2,1-7H3,(H2,24,25,26);1H. The summed E-state index contributed by atoms with van der Waals surface area (Å²) in [6.45, 7) is 11.4. The van der Waals surface area contributed by atoms with Crippen LogP contribution in [0.25, 0.3) is 0 Å². The molecule has 1 heterocycles. The Labute approximate surface area is 204 Å². The average Bonchev–Trinajstić information content (AvgIpc) is 2.93. The van der Waals surface area contributed by atoms with Gasteiger partial charge in [-0.25, -0.2) is 4.99 Å². The highest BCUT2D eigenvalue weighted by Crippen LogP contribution is 2.19. The molecular weight excluding hydrogens is 503 g/mol. The molecule has 1 atom stereocenters. The second kappa shape index (κ2) is 13.6. The monoisotopic (exact) mass is 542 g/mol. The third-order valence-electron chi connectivity index (χ3n) is 5.07. The number of aromatic nitrogens is 2. The molecule has 0 saturated heterocycles. The number of hydrogen-bond donors (Lipinski definition) is 2. The van der Waals surface area contributed by atoms with Gasteiger partial charge in [0.1, 0.15) is 12.4 Å². The molecule has 0 amide bonds. The highest BCUT2D eigenvalue weighted by molar-refractivity contribution is 14.0. The first-order valence-electron chi connectivity index (χ1n) is 10.7. The van der Waals surface area contributed by atoms with Gasteiger partial charge in [-0.05, 0) is 59.8 Å². The van der Waals surface area contributed by atoms with Crippen LogP contribution in [0.3, 0.4) is 0 Å². The second-order valence-electron chi connectivity index (χ2n) is 7.98. The maximum Gasteiger partial charge on any atom is 0.191 e. The quantitative estimate of drug-likeness (QED) is 0.274. The lowest BCUT2D eigenvalue weighted by molar-refractivity contribution is 0.259.